The third kappa shape index (κ3) is 16.4. The van der Waals surface area contributed by atoms with Gasteiger partial charge in [-0.15, -0.1) is 34.0 Å². The van der Waals surface area contributed by atoms with E-state index in [1.165, 1.54) is 271 Å². The van der Waals surface area contributed by atoms with Gasteiger partial charge in [0.25, 0.3) is 0 Å². The molecule has 0 amide bonds. The highest BCUT2D eigenvalue weighted by Crippen LogP contribution is 2.54. The second-order valence-electron chi connectivity index (χ2n) is 37.3. The van der Waals surface area contributed by atoms with Gasteiger partial charge < -0.3 is 0 Å². The van der Waals surface area contributed by atoms with Gasteiger partial charge in [0, 0.05) is 29.3 Å². The molecule has 0 fully saturated rings. The molecule has 0 spiro atoms. The molecular weight excluding hydrogens is 1800 g/mol. The zero-order chi connectivity index (χ0) is 96.0. The molecule has 3 heteroatoms. The molecule has 3 heterocycles. The van der Waals surface area contributed by atoms with Crippen LogP contribution in [0.4, 0.5) is 0 Å². The summed E-state index contributed by atoms with van der Waals surface area (Å²) in [5, 5.41) is 25.3. The molecule has 0 aliphatic heterocycles. The minimum absolute atomic E-state index is 1.23. The second kappa shape index (κ2) is 38.3. The molecule has 145 heavy (non-hydrogen) atoms. The Morgan fingerprint density at radius 1 is 0.0897 bits per heavy atom. The summed E-state index contributed by atoms with van der Waals surface area (Å²) in [4.78, 5) is 7.70. The van der Waals surface area contributed by atoms with Crippen molar-refractivity contribution in [1.29, 1.82) is 0 Å². The molecule has 0 atom stereocenters. The number of thiophene rings is 3. The molecule has 0 saturated carbocycles. The Kier molecular flexibility index (Phi) is 23.1. The maximum atomic E-state index is 2.40. The topological polar surface area (TPSA) is 0 Å². The molecular formula is C142H92S3. The Hall–Kier alpha value is -17.8. The van der Waals surface area contributed by atoms with E-state index in [1.807, 2.05) is 34.0 Å². The van der Waals surface area contributed by atoms with Gasteiger partial charge >= 0.3 is 0 Å². The zero-order valence-corrected chi connectivity index (χ0v) is 81.8. The standard InChI is InChI=1S/C50H32S.2C46H30S/c1-2-14-34(15-3-1)47-29-30-48(51-47)37-17-12-18-38(32-37)49-42-21-8-10-23-44(42)50(45-24-11-9-22-43(45)49)46-28-27-39(40-19-6-7-20-41(40)46)36-26-25-33-13-4-5-16-35(33)31-36;1-3-13-31(14-4-1)37-24-12-17-32-25-26-36(30-42(32)37)46-40-22-9-7-20-38(40)45(39-21-8-10-23-41(39)46)35-19-11-18-34(29-35)44-28-27-43(47-44)33-15-5-2-6-16-33;1-3-14-31(15-4-1)37-27-26-32-16-7-8-21-36(32)45(37)46-40-24-11-9-22-38(40)44(39-23-10-12-25-41(39)46)35-20-13-19-34(30-35)43-29-28-42(47-43)33-17-5-2-6-18-33/h1-32H;2*1-30H. The average Bonchev–Trinajstić information content (AvgIpc) is 1.32. The lowest BCUT2D eigenvalue weighted by Gasteiger charge is -2.21. The van der Waals surface area contributed by atoms with Crippen molar-refractivity contribution in [2.24, 2.45) is 0 Å². The third-order valence-corrected chi connectivity index (χ3v) is 32.4. The van der Waals surface area contributed by atoms with E-state index in [9.17, 15) is 0 Å². The molecule has 25 aromatic carbocycles. The van der Waals surface area contributed by atoms with Gasteiger partial charge in [0.15, 0.2) is 0 Å². The van der Waals surface area contributed by atoms with Crippen molar-refractivity contribution in [2.45, 2.75) is 0 Å². The smallest absolute Gasteiger partial charge is 0.0349 e. The molecule has 3 aromatic heterocycles. The van der Waals surface area contributed by atoms with Crippen LogP contribution >= 0.6 is 34.0 Å². The van der Waals surface area contributed by atoms with Gasteiger partial charge in [-0.2, -0.15) is 0 Å². The van der Waals surface area contributed by atoms with Crippen molar-refractivity contribution in [3.8, 4) is 163 Å². The monoisotopic (exact) mass is 1890 g/mol. The first-order chi connectivity index (χ1) is 71.9. The summed E-state index contributed by atoms with van der Waals surface area (Å²) in [6.45, 7) is 0. The molecule has 0 aliphatic rings. The maximum absolute atomic E-state index is 2.40. The Bertz CT molecular complexity index is 9640. The number of fused-ring (bicyclic) bond motifs is 10. The Labute approximate surface area is 855 Å². The third-order valence-electron chi connectivity index (χ3n) is 28.9. The Morgan fingerprint density at radius 2 is 0.331 bits per heavy atom. The van der Waals surface area contributed by atoms with Crippen molar-refractivity contribution in [1.82, 2.24) is 0 Å². The first-order valence-electron chi connectivity index (χ1n) is 49.7. The van der Waals surface area contributed by atoms with E-state index in [0.717, 1.165) is 0 Å². The van der Waals surface area contributed by atoms with Crippen LogP contribution in [-0.2, 0) is 0 Å². The van der Waals surface area contributed by atoms with Crippen molar-refractivity contribution in [3.63, 3.8) is 0 Å². The van der Waals surface area contributed by atoms with Crippen LogP contribution in [0.3, 0.4) is 0 Å². The second-order valence-corrected chi connectivity index (χ2v) is 40.6. The van der Waals surface area contributed by atoms with E-state index >= 15 is 0 Å². The Morgan fingerprint density at radius 3 is 0.738 bits per heavy atom. The normalized spacial score (nSPS) is 11.4. The van der Waals surface area contributed by atoms with E-state index < -0.39 is 0 Å². The highest BCUT2D eigenvalue weighted by Gasteiger charge is 2.26. The lowest BCUT2D eigenvalue weighted by atomic mass is 9.82. The zero-order valence-electron chi connectivity index (χ0n) is 79.3. The van der Waals surface area contributed by atoms with E-state index in [1.54, 1.807) is 0 Å². The summed E-state index contributed by atoms with van der Waals surface area (Å²) < 4.78 is 0. The molecule has 0 radical (unpaired) electrons. The lowest BCUT2D eigenvalue weighted by molar-refractivity contribution is 1.63. The fourth-order valence-electron chi connectivity index (χ4n) is 22.2. The van der Waals surface area contributed by atoms with Gasteiger partial charge in [-0.05, 0) is 308 Å². The molecule has 28 rings (SSSR count). The highest BCUT2D eigenvalue weighted by molar-refractivity contribution is 7.19. The molecule has 0 unspecified atom stereocenters. The Balaban J connectivity index is 0.000000111. The predicted octanol–water partition coefficient (Wildman–Crippen LogP) is 41.8. The predicted molar refractivity (Wildman–Crippen MR) is 630 cm³/mol. The van der Waals surface area contributed by atoms with Crippen LogP contribution in [0.25, 0.3) is 271 Å². The van der Waals surface area contributed by atoms with Crippen molar-refractivity contribution in [3.05, 3.63) is 558 Å². The summed E-state index contributed by atoms with van der Waals surface area (Å²) >= 11 is 5.55. The van der Waals surface area contributed by atoms with E-state index in [2.05, 4.69) is 558 Å². The number of hydrogen-bond acceptors (Lipinski definition) is 3. The fraction of sp³-hybridized carbons (Fsp3) is 0. The minimum Gasteiger partial charge on any atom is -0.135 e. The van der Waals surface area contributed by atoms with E-state index in [4.69, 9.17) is 0 Å². The summed E-state index contributed by atoms with van der Waals surface area (Å²) in [5.41, 5.74) is 30.2. The van der Waals surface area contributed by atoms with Crippen LogP contribution in [-0.4, -0.2) is 0 Å². The molecule has 678 valence electrons. The molecule has 0 N–H and O–H groups in total. The quantitative estimate of drug-likeness (QED) is 0.0898. The van der Waals surface area contributed by atoms with Gasteiger partial charge in [0.05, 0.1) is 0 Å². The van der Waals surface area contributed by atoms with Crippen LogP contribution in [0.1, 0.15) is 0 Å². The molecule has 0 aliphatic carbocycles. The maximum Gasteiger partial charge on any atom is 0.0349 e. The summed E-state index contributed by atoms with van der Waals surface area (Å²) in [6.07, 6.45) is 0. The first-order valence-corrected chi connectivity index (χ1v) is 52.2. The number of benzene rings is 25. The molecule has 28 aromatic rings. The first kappa shape index (κ1) is 87.5. The van der Waals surface area contributed by atoms with Gasteiger partial charge in [-0.25, -0.2) is 0 Å². The van der Waals surface area contributed by atoms with Crippen LogP contribution in [0, 0.1) is 0 Å². The van der Waals surface area contributed by atoms with E-state index in [-0.39, 0.29) is 0 Å². The van der Waals surface area contributed by atoms with Gasteiger partial charge in [0.1, 0.15) is 0 Å². The van der Waals surface area contributed by atoms with Crippen LogP contribution in [0.15, 0.2) is 558 Å². The minimum atomic E-state index is 1.23. The highest BCUT2D eigenvalue weighted by atomic mass is 32.1. The largest absolute Gasteiger partial charge is 0.135 e. The lowest BCUT2D eigenvalue weighted by Crippen LogP contribution is -1.94. The number of rotatable bonds is 15. The number of hydrogen-bond donors (Lipinski definition) is 0. The summed E-state index contributed by atoms with van der Waals surface area (Å²) in [6, 6.07) is 204. The van der Waals surface area contributed by atoms with Gasteiger partial charge in [0.2, 0.25) is 0 Å². The van der Waals surface area contributed by atoms with E-state index in [0.29, 0.717) is 0 Å². The fourth-order valence-corrected chi connectivity index (χ4v) is 25.3. The molecule has 0 bridgehead atoms. The SMILES string of the molecule is c1ccc(-c2ccc(-c3cccc(-c4c5ccccc5c(-c5c(-c6ccccc6)ccc6ccccc56)c5ccccc45)c3)s2)cc1.c1ccc(-c2ccc(-c3cccc(-c4c5ccccc5c(-c5ccc(-c6ccc7ccccc7c6)c6ccccc56)c5ccccc45)c3)s2)cc1.c1ccc(-c2ccc(-c3cccc(-c4c5ccccc5c(-c5ccc6cccc(-c7ccccc7)c6c5)c5ccccc45)c3)s2)cc1. The molecule has 0 nitrogen and oxygen atoms in total. The molecule has 0 saturated heterocycles. The van der Waals surface area contributed by atoms with Gasteiger partial charge in [-0.1, -0.05) is 491 Å². The van der Waals surface area contributed by atoms with Gasteiger partial charge in [-0.3, -0.25) is 0 Å². The van der Waals surface area contributed by atoms with Crippen LogP contribution in [0.2, 0.25) is 0 Å². The van der Waals surface area contributed by atoms with Crippen molar-refractivity contribution >= 4 is 142 Å². The van der Waals surface area contributed by atoms with Crippen LogP contribution < -0.4 is 0 Å². The summed E-state index contributed by atoms with van der Waals surface area (Å²) in [5.74, 6) is 0. The average molecular weight is 1890 g/mol. The van der Waals surface area contributed by atoms with Crippen LogP contribution in [0.5, 0.6) is 0 Å². The van der Waals surface area contributed by atoms with Crippen molar-refractivity contribution in [2.75, 3.05) is 0 Å². The summed E-state index contributed by atoms with van der Waals surface area (Å²) in [7, 11) is 0. The van der Waals surface area contributed by atoms with Crippen molar-refractivity contribution < 1.29 is 0 Å².